The summed E-state index contributed by atoms with van der Waals surface area (Å²) < 4.78 is 41.4. The van der Waals surface area contributed by atoms with E-state index in [1.54, 1.807) is 41.0 Å². The molecule has 3 rings (SSSR count). The zero-order valence-electron chi connectivity index (χ0n) is 14.5. The quantitative estimate of drug-likeness (QED) is 0.784. The minimum atomic E-state index is -5.17. The number of hydrogen-bond acceptors (Lipinski definition) is 3. The Bertz CT molecular complexity index is 732. The molecule has 146 valence electrons. The zero-order valence-corrected chi connectivity index (χ0v) is 14.5. The first-order valence-corrected chi connectivity index (χ1v) is 8.82. The molecule has 1 atom stereocenters. The minimum absolute atomic E-state index is 0.342. The molecule has 0 radical (unpaired) electrons. The third-order valence-electron chi connectivity index (χ3n) is 4.95. The van der Waals surface area contributed by atoms with Gasteiger partial charge in [0.15, 0.2) is 0 Å². The molecule has 1 saturated heterocycles. The Morgan fingerprint density at radius 3 is 2.37 bits per heavy atom. The highest BCUT2D eigenvalue weighted by molar-refractivity contribution is 6.09. The maximum Gasteiger partial charge on any atom is 0.440 e. The summed E-state index contributed by atoms with van der Waals surface area (Å²) in [7, 11) is 0. The summed E-state index contributed by atoms with van der Waals surface area (Å²) in [4.78, 5) is 37.8. The minimum Gasteiger partial charge on any atom is -0.318 e. The van der Waals surface area contributed by atoms with Gasteiger partial charge in [-0.1, -0.05) is 49.6 Å². The summed E-state index contributed by atoms with van der Waals surface area (Å²) in [5.74, 6) is -2.47. The van der Waals surface area contributed by atoms with Gasteiger partial charge in [0.2, 0.25) is 5.91 Å². The molecule has 6 nitrogen and oxygen atoms in total. The maximum atomic E-state index is 13.8. The summed E-state index contributed by atoms with van der Waals surface area (Å²) in [6.07, 6.45) is -2.20. The number of imide groups is 1. The van der Waals surface area contributed by atoms with Gasteiger partial charge in [-0.15, -0.1) is 0 Å². The van der Waals surface area contributed by atoms with Crippen LogP contribution in [0.5, 0.6) is 0 Å². The Morgan fingerprint density at radius 2 is 1.78 bits per heavy atom. The monoisotopic (exact) mass is 383 g/mol. The van der Waals surface area contributed by atoms with Crippen molar-refractivity contribution in [2.75, 3.05) is 0 Å². The van der Waals surface area contributed by atoms with Gasteiger partial charge >= 0.3 is 12.2 Å². The lowest BCUT2D eigenvalue weighted by Gasteiger charge is -2.32. The summed E-state index contributed by atoms with van der Waals surface area (Å²) in [5.41, 5.74) is -2.93. The Hall–Kier alpha value is -2.58. The Kier molecular flexibility index (Phi) is 5.12. The molecule has 27 heavy (non-hydrogen) atoms. The lowest BCUT2D eigenvalue weighted by Crippen LogP contribution is -2.69. The second-order valence-electron chi connectivity index (χ2n) is 6.86. The van der Waals surface area contributed by atoms with E-state index in [-0.39, 0.29) is 6.42 Å². The highest BCUT2D eigenvalue weighted by atomic mass is 19.4. The maximum absolute atomic E-state index is 13.8. The fourth-order valence-electron chi connectivity index (χ4n) is 3.60. The zero-order chi connectivity index (χ0) is 19.7. The van der Waals surface area contributed by atoms with Crippen LogP contribution in [0.25, 0.3) is 0 Å². The molecule has 0 unspecified atom stereocenters. The third-order valence-corrected chi connectivity index (χ3v) is 4.95. The van der Waals surface area contributed by atoms with Crippen LogP contribution in [-0.2, 0) is 16.0 Å². The van der Waals surface area contributed by atoms with Gasteiger partial charge in [-0.25, -0.2) is 4.79 Å². The summed E-state index contributed by atoms with van der Waals surface area (Å²) >= 11 is 0. The van der Waals surface area contributed by atoms with Crippen LogP contribution in [-0.4, -0.2) is 40.6 Å². The van der Waals surface area contributed by atoms with Gasteiger partial charge < -0.3 is 5.32 Å². The van der Waals surface area contributed by atoms with Gasteiger partial charge in [0.25, 0.3) is 11.6 Å². The fourth-order valence-corrected chi connectivity index (χ4v) is 3.60. The molecule has 2 N–H and O–H groups in total. The number of halogens is 3. The van der Waals surface area contributed by atoms with Crippen molar-refractivity contribution >= 4 is 17.8 Å². The van der Waals surface area contributed by atoms with E-state index in [9.17, 15) is 27.6 Å². The van der Waals surface area contributed by atoms with Crippen LogP contribution in [0.15, 0.2) is 30.3 Å². The number of carbonyl (C=O) groups is 3. The predicted octanol–water partition coefficient (Wildman–Crippen LogP) is 2.49. The molecule has 0 spiro atoms. The number of alkyl halides is 3. The van der Waals surface area contributed by atoms with E-state index in [0.29, 0.717) is 23.3 Å². The summed E-state index contributed by atoms with van der Waals surface area (Å²) in [6.45, 7) is 0. The average molecular weight is 383 g/mol. The molecule has 9 heteroatoms. The Balaban J connectivity index is 1.84. The van der Waals surface area contributed by atoms with Gasteiger partial charge in [-0.05, 0) is 18.4 Å². The van der Waals surface area contributed by atoms with E-state index < -0.39 is 35.7 Å². The van der Waals surface area contributed by atoms with Crippen molar-refractivity contribution in [1.29, 1.82) is 0 Å². The van der Waals surface area contributed by atoms with Gasteiger partial charge in [-0.2, -0.15) is 13.2 Å². The first kappa shape index (κ1) is 19.2. The SMILES string of the molecule is O=C(Cc1ccccc1)N[C@@]1(C(F)(F)F)NC(=O)N(C2CCCCC2)C1=O. The molecule has 1 aromatic rings. The number of nitrogens with one attached hydrogen (secondary N) is 2. The first-order valence-electron chi connectivity index (χ1n) is 8.82. The number of rotatable bonds is 4. The van der Waals surface area contributed by atoms with E-state index in [1.165, 1.54) is 0 Å². The molecule has 2 aliphatic rings. The van der Waals surface area contributed by atoms with Gasteiger partial charge in [0.05, 0.1) is 6.42 Å². The predicted molar refractivity (Wildman–Crippen MR) is 89.3 cm³/mol. The number of nitrogens with zero attached hydrogens (tertiary/aromatic N) is 1. The lowest BCUT2D eigenvalue weighted by atomic mass is 9.94. The molecule has 4 amide bonds. The van der Waals surface area contributed by atoms with E-state index in [0.717, 1.165) is 19.3 Å². The van der Waals surface area contributed by atoms with Crippen LogP contribution in [0.4, 0.5) is 18.0 Å². The highest BCUT2D eigenvalue weighted by Crippen LogP contribution is 2.36. The normalized spacial score (nSPS) is 24.0. The van der Waals surface area contributed by atoms with Crippen molar-refractivity contribution < 1.29 is 27.6 Å². The fraction of sp³-hybridized carbons (Fsp3) is 0.500. The second-order valence-corrected chi connectivity index (χ2v) is 6.86. The van der Waals surface area contributed by atoms with Crippen LogP contribution in [0.2, 0.25) is 0 Å². The van der Waals surface area contributed by atoms with Gasteiger partial charge in [0.1, 0.15) is 0 Å². The molecule has 1 aromatic carbocycles. The van der Waals surface area contributed by atoms with E-state index in [1.807, 2.05) is 0 Å². The number of hydrogen-bond donors (Lipinski definition) is 2. The van der Waals surface area contributed by atoms with Crippen LogP contribution in [0.1, 0.15) is 37.7 Å². The van der Waals surface area contributed by atoms with Crippen LogP contribution >= 0.6 is 0 Å². The third kappa shape index (κ3) is 3.63. The number of urea groups is 1. The van der Waals surface area contributed by atoms with Crippen LogP contribution in [0, 0.1) is 0 Å². The summed E-state index contributed by atoms with van der Waals surface area (Å²) in [6, 6.07) is 6.48. The molecule has 1 heterocycles. The topological polar surface area (TPSA) is 78.5 Å². The molecule has 1 saturated carbocycles. The van der Waals surface area contributed by atoms with Crippen molar-refractivity contribution in [1.82, 2.24) is 15.5 Å². The molecule has 2 fully saturated rings. The van der Waals surface area contributed by atoms with E-state index in [2.05, 4.69) is 0 Å². The molecule has 1 aliphatic carbocycles. The van der Waals surface area contributed by atoms with Crippen LogP contribution < -0.4 is 10.6 Å². The number of amides is 4. The van der Waals surface area contributed by atoms with Crippen LogP contribution in [0.3, 0.4) is 0 Å². The summed E-state index contributed by atoms with van der Waals surface area (Å²) in [5, 5.41) is 3.44. The van der Waals surface area contributed by atoms with E-state index in [4.69, 9.17) is 0 Å². The number of carbonyl (C=O) groups excluding carboxylic acids is 3. The second kappa shape index (κ2) is 7.21. The van der Waals surface area contributed by atoms with Crippen molar-refractivity contribution in [2.45, 2.75) is 56.4 Å². The molecular formula is C18H20F3N3O3. The lowest BCUT2D eigenvalue weighted by molar-refractivity contribution is -0.204. The number of benzene rings is 1. The van der Waals surface area contributed by atoms with Crippen molar-refractivity contribution in [3.63, 3.8) is 0 Å². The molecule has 0 bridgehead atoms. The Morgan fingerprint density at radius 1 is 1.15 bits per heavy atom. The largest absolute Gasteiger partial charge is 0.440 e. The molecule has 1 aliphatic heterocycles. The highest BCUT2D eigenvalue weighted by Gasteiger charge is 2.69. The Labute approximate surface area is 154 Å². The van der Waals surface area contributed by atoms with Crippen molar-refractivity contribution in [2.24, 2.45) is 0 Å². The van der Waals surface area contributed by atoms with Gasteiger partial charge in [0, 0.05) is 6.04 Å². The van der Waals surface area contributed by atoms with E-state index >= 15 is 0 Å². The first-order chi connectivity index (χ1) is 12.7. The average Bonchev–Trinajstić information content (AvgIpc) is 2.87. The molecular weight excluding hydrogens is 363 g/mol. The van der Waals surface area contributed by atoms with Crippen molar-refractivity contribution in [3.05, 3.63) is 35.9 Å². The molecule has 0 aromatic heterocycles. The van der Waals surface area contributed by atoms with Gasteiger partial charge in [-0.3, -0.25) is 19.8 Å². The van der Waals surface area contributed by atoms with Crippen molar-refractivity contribution in [3.8, 4) is 0 Å². The smallest absolute Gasteiger partial charge is 0.318 e. The standard InChI is InChI=1S/C18H20F3N3O3/c19-18(20,21)17(22-14(25)11-12-7-3-1-4-8-12)15(26)24(16(27)23-17)13-9-5-2-6-10-13/h1,3-4,7-8,13H,2,5-6,9-11H2,(H,22,25)(H,23,27)/t17-/m1/s1.